The van der Waals surface area contributed by atoms with E-state index >= 15 is 0 Å². The number of halogens is 2. The SMILES string of the molecule is O=C(NC1CCCC1)[C@H](Cc1ccccc1)N(Cc1ccccc1Cl)C(=O)COc1ccc(F)cc1. The molecule has 188 valence electrons. The first-order valence-electron chi connectivity index (χ1n) is 12.2. The van der Waals surface area contributed by atoms with Crippen LogP contribution in [0.3, 0.4) is 0 Å². The first kappa shape index (κ1) is 25.7. The van der Waals surface area contributed by atoms with Crippen molar-refractivity contribution in [3.05, 3.63) is 101 Å². The summed E-state index contributed by atoms with van der Waals surface area (Å²) in [6, 6.07) is 21.8. The number of benzene rings is 3. The molecule has 0 spiro atoms. The van der Waals surface area contributed by atoms with Crippen LogP contribution >= 0.6 is 11.6 Å². The number of hydrogen-bond acceptors (Lipinski definition) is 3. The molecule has 1 N–H and O–H groups in total. The third kappa shape index (κ3) is 7.08. The van der Waals surface area contributed by atoms with Gasteiger partial charge >= 0.3 is 0 Å². The minimum absolute atomic E-state index is 0.114. The van der Waals surface area contributed by atoms with Gasteiger partial charge in [-0.2, -0.15) is 0 Å². The van der Waals surface area contributed by atoms with Crippen molar-refractivity contribution >= 4 is 23.4 Å². The molecule has 2 amide bonds. The van der Waals surface area contributed by atoms with Crippen molar-refractivity contribution in [2.24, 2.45) is 0 Å². The van der Waals surface area contributed by atoms with Crippen LogP contribution in [0.2, 0.25) is 5.02 Å². The van der Waals surface area contributed by atoms with Gasteiger partial charge in [-0.25, -0.2) is 4.39 Å². The lowest BCUT2D eigenvalue weighted by atomic mass is 10.0. The van der Waals surface area contributed by atoms with E-state index in [1.165, 1.54) is 24.3 Å². The molecule has 1 atom stereocenters. The molecule has 0 saturated heterocycles. The Morgan fingerprint density at radius 2 is 1.64 bits per heavy atom. The summed E-state index contributed by atoms with van der Waals surface area (Å²) in [4.78, 5) is 28.7. The number of nitrogens with one attached hydrogen (secondary N) is 1. The minimum atomic E-state index is -0.756. The summed E-state index contributed by atoms with van der Waals surface area (Å²) in [6.45, 7) is -0.140. The summed E-state index contributed by atoms with van der Waals surface area (Å²) in [5.41, 5.74) is 1.68. The topological polar surface area (TPSA) is 58.6 Å². The Hall–Kier alpha value is -3.38. The molecule has 0 heterocycles. The summed E-state index contributed by atoms with van der Waals surface area (Å²) in [7, 11) is 0. The van der Waals surface area contributed by atoms with Crippen LogP contribution in [-0.2, 0) is 22.6 Å². The Morgan fingerprint density at radius 3 is 2.33 bits per heavy atom. The van der Waals surface area contributed by atoms with Crippen molar-refractivity contribution in [2.45, 2.75) is 50.7 Å². The van der Waals surface area contributed by atoms with Crippen LogP contribution < -0.4 is 10.1 Å². The molecule has 1 saturated carbocycles. The fraction of sp³-hybridized carbons (Fsp3) is 0.310. The number of rotatable bonds is 10. The Kier molecular flexibility index (Phi) is 8.95. The van der Waals surface area contributed by atoms with Gasteiger partial charge in [-0.1, -0.05) is 73.0 Å². The van der Waals surface area contributed by atoms with Gasteiger partial charge in [0.1, 0.15) is 17.6 Å². The highest BCUT2D eigenvalue weighted by Crippen LogP contribution is 2.23. The molecule has 5 nitrogen and oxygen atoms in total. The van der Waals surface area contributed by atoms with Gasteiger partial charge in [-0.3, -0.25) is 9.59 Å². The van der Waals surface area contributed by atoms with Gasteiger partial charge in [0.2, 0.25) is 5.91 Å². The molecule has 3 aromatic rings. The summed E-state index contributed by atoms with van der Waals surface area (Å²) in [5.74, 6) is -0.562. The van der Waals surface area contributed by atoms with Crippen LogP contribution in [0.15, 0.2) is 78.9 Å². The lowest BCUT2D eigenvalue weighted by Crippen LogP contribution is -2.53. The highest BCUT2D eigenvalue weighted by molar-refractivity contribution is 6.31. The standard InChI is InChI=1S/C29H30ClFN2O3/c30-26-13-7-4-10-22(26)19-33(28(34)20-36-25-16-14-23(31)15-17-25)27(18-21-8-2-1-3-9-21)29(35)32-24-11-5-6-12-24/h1-4,7-10,13-17,24,27H,5-6,11-12,18-20H2,(H,32,35)/t27-/m0/s1. The van der Waals surface area contributed by atoms with Gasteiger partial charge < -0.3 is 15.0 Å². The second-order valence-electron chi connectivity index (χ2n) is 9.05. The van der Waals surface area contributed by atoms with Crippen molar-refractivity contribution in [2.75, 3.05) is 6.61 Å². The van der Waals surface area contributed by atoms with Gasteiger partial charge in [0.05, 0.1) is 0 Å². The van der Waals surface area contributed by atoms with Gasteiger partial charge in [-0.05, 0) is 54.3 Å². The second-order valence-corrected chi connectivity index (χ2v) is 9.46. The maximum atomic E-state index is 13.6. The summed E-state index contributed by atoms with van der Waals surface area (Å²) >= 11 is 6.44. The first-order chi connectivity index (χ1) is 17.5. The van der Waals surface area contributed by atoms with Crippen LogP contribution in [-0.4, -0.2) is 35.4 Å². The Labute approximate surface area is 216 Å². The largest absolute Gasteiger partial charge is 0.484 e. The lowest BCUT2D eigenvalue weighted by Gasteiger charge is -2.32. The van der Waals surface area contributed by atoms with E-state index in [1.807, 2.05) is 48.5 Å². The monoisotopic (exact) mass is 508 g/mol. The third-order valence-electron chi connectivity index (χ3n) is 6.45. The smallest absolute Gasteiger partial charge is 0.261 e. The van der Waals surface area contributed by atoms with Gasteiger partial charge in [0.25, 0.3) is 5.91 Å². The highest BCUT2D eigenvalue weighted by atomic mass is 35.5. The number of hydrogen-bond donors (Lipinski definition) is 1. The number of carbonyl (C=O) groups excluding carboxylic acids is 2. The molecule has 7 heteroatoms. The molecule has 1 fully saturated rings. The minimum Gasteiger partial charge on any atom is -0.484 e. The van der Waals surface area contributed by atoms with E-state index in [4.69, 9.17) is 16.3 Å². The predicted molar refractivity (Wildman–Crippen MR) is 138 cm³/mol. The molecular formula is C29H30ClFN2O3. The van der Waals surface area contributed by atoms with E-state index in [9.17, 15) is 14.0 Å². The zero-order valence-corrected chi connectivity index (χ0v) is 20.8. The molecule has 3 aromatic carbocycles. The molecule has 1 aliphatic rings. The van der Waals surface area contributed by atoms with Crippen molar-refractivity contribution in [1.82, 2.24) is 10.2 Å². The first-order valence-corrected chi connectivity index (χ1v) is 12.6. The average Bonchev–Trinajstić information content (AvgIpc) is 3.40. The van der Waals surface area contributed by atoms with Gasteiger partial charge in [0.15, 0.2) is 6.61 Å². The van der Waals surface area contributed by atoms with E-state index < -0.39 is 6.04 Å². The average molecular weight is 509 g/mol. The van der Waals surface area contributed by atoms with Gasteiger partial charge in [-0.15, -0.1) is 0 Å². The quantitative estimate of drug-likeness (QED) is 0.390. The molecule has 1 aliphatic carbocycles. The van der Waals surface area contributed by atoms with E-state index in [0.29, 0.717) is 17.2 Å². The van der Waals surface area contributed by atoms with Crippen molar-refractivity contribution in [1.29, 1.82) is 0 Å². The van der Waals surface area contributed by atoms with Crippen LogP contribution in [0.4, 0.5) is 4.39 Å². The lowest BCUT2D eigenvalue weighted by molar-refractivity contribution is -0.143. The Bertz CT molecular complexity index is 1150. The van der Waals surface area contributed by atoms with Crippen molar-refractivity contribution in [3.63, 3.8) is 0 Å². The fourth-order valence-electron chi connectivity index (χ4n) is 4.49. The van der Waals surface area contributed by atoms with Crippen LogP contribution in [0.1, 0.15) is 36.8 Å². The Morgan fingerprint density at radius 1 is 0.972 bits per heavy atom. The fourth-order valence-corrected chi connectivity index (χ4v) is 4.69. The van der Waals surface area contributed by atoms with Crippen LogP contribution in [0, 0.1) is 5.82 Å². The molecule has 0 aromatic heterocycles. The molecule has 0 unspecified atom stereocenters. The molecule has 4 rings (SSSR count). The molecular weight excluding hydrogens is 479 g/mol. The number of nitrogens with zero attached hydrogens (tertiary/aromatic N) is 1. The zero-order chi connectivity index (χ0) is 25.3. The van der Waals surface area contributed by atoms with Crippen LogP contribution in [0.5, 0.6) is 5.75 Å². The van der Waals surface area contributed by atoms with E-state index in [0.717, 1.165) is 36.8 Å². The highest BCUT2D eigenvalue weighted by Gasteiger charge is 2.32. The van der Waals surface area contributed by atoms with E-state index in [2.05, 4.69) is 5.32 Å². The van der Waals surface area contributed by atoms with Crippen molar-refractivity contribution in [3.8, 4) is 5.75 Å². The molecule has 0 radical (unpaired) electrons. The molecule has 36 heavy (non-hydrogen) atoms. The number of carbonyl (C=O) groups is 2. The maximum absolute atomic E-state index is 13.6. The maximum Gasteiger partial charge on any atom is 0.261 e. The normalized spacial score (nSPS) is 14.3. The van der Waals surface area contributed by atoms with Gasteiger partial charge in [0, 0.05) is 24.0 Å². The molecule has 0 bridgehead atoms. The number of ether oxygens (including phenoxy) is 1. The van der Waals surface area contributed by atoms with E-state index in [1.54, 1.807) is 11.0 Å². The predicted octanol–water partition coefficient (Wildman–Crippen LogP) is 5.56. The summed E-state index contributed by atoms with van der Waals surface area (Å²) in [5, 5.41) is 3.68. The summed E-state index contributed by atoms with van der Waals surface area (Å²) in [6.07, 6.45) is 4.40. The summed E-state index contributed by atoms with van der Waals surface area (Å²) < 4.78 is 18.9. The van der Waals surface area contributed by atoms with E-state index in [-0.39, 0.29) is 36.8 Å². The second kappa shape index (κ2) is 12.5. The van der Waals surface area contributed by atoms with Crippen LogP contribution in [0.25, 0.3) is 0 Å². The van der Waals surface area contributed by atoms with Crippen molar-refractivity contribution < 1.29 is 18.7 Å². The third-order valence-corrected chi connectivity index (χ3v) is 6.82. The Balaban J connectivity index is 1.61. The molecule has 0 aliphatic heterocycles. The zero-order valence-electron chi connectivity index (χ0n) is 20.0. The number of amides is 2.